The Morgan fingerprint density at radius 1 is 1.41 bits per heavy atom. The highest BCUT2D eigenvalue weighted by Crippen LogP contribution is 2.14. The van der Waals surface area contributed by atoms with E-state index in [4.69, 9.17) is 4.74 Å². The first kappa shape index (κ1) is 12.2. The number of hydrogen-bond acceptors (Lipinski definition) is 5. The minimum absolute atomic E-state index is 0.253. The quantitative estimate of drug-likeness (QED) is 0.818. The van der Waals surface area contributed by atoms with Crippen LogP contribution in [0.1, 0.15) is 20.9 Å². The molecular weight excluding hydrogens is 304 g/mol. The Kier molecular flexibility index (Phi) is 3.86. The van der Waals surface area contributed by atoms with E-state index < -0.39 is 0 Å². The molecule has 0 radical (unpaired) electrons. The Morgan fingerprint density at radius 3 is 2.71 bits per heavy atom. The third-order valence-electron chi connectivity index (χ3n) is 2.12. The minimum Gasteiger partial charge on any atom is -0.457 e. The van der Waals surface area contributed by atoms with Gasteiger partial charge in [0.2, 0.25) is 0 Å². The number of esters is 1. The molecule has 0 N–H and O–H groups in total. The molecule has 0 aliphatic rings. The maximum absolute atomic E-state index is 11.7. The lowest BCUT2D eigenvalue weighted by atomic mass is 10.2. The summed E-state index contributed by atoms with van der Waals surface area (Å²) in [5, 5.41) is 3.77. The van der Waals surface area contributed by atoms with Crippen molar-refractivity contribution in [3.05, 3.63) is 44.9 Å². The molecule has 1 aromatic heterocycles. The molecule has 1 aromatic carbocycles. The van der Waals surface area contributed by atoms with E-state index in [0.717, 1.165) is 21.6 Å². The van der Waals surface area contributed by atoms with Crippen LogP contribution < -0.4 is 0 Å². The first-order valence-electron chi connectivity index (χ1n) is 4.87. The molecule has 0 amide bonds. The topological polar surface area (TPSA) is 52.1 Å². The van der Waals surface area contributed by atoms with Crippen molar-refractivity contribution in [3.8, 4) is 0 Å². The summed E-state index contributed by atoms with van der Waals surface area (Å²) in [6, 6.07) is 7.61. The van der Waals surface area contributed by atoms with Crippen molar-refractivity contribution in [2.75, 3.05) is 0 Å². The molecule has 4 nitrogen and oxygen atoms in total. The lowest BCUT2D eigenvalue weighted by Gasteiger charge is -2.03. The van der Waals surface area contributed by atoms with Crippen molar-refractivity contribution in [2.24, 2.45) is 0 Å². The van der Waals surface area contributed by atoms with E-state index in [9.17, 15) is 4.79 Å². The molecular formula is C11H9BrN2O2S. The van der Waals surface area contributed by atoms with Gasteiger partial charge in [-0.25, -0.2) is 4.79 Å². The maximum atomic E-state index is 11.7. The lowest BCUT2D eigenvalue weighted by Crippen LogP contribution is -2.04. The Hall–Kier alpha value is -1.27. The van der Waals surface area contributed by atoms with Crippen molar-refractivity contribution in [3.63, 3.8) is 0 Å². The second kappa shape index (κ2) is 5.37. The fraction of sp³-hybridized carbons (Fsp3) is 0.182. The van der Waals surface area contributed by atoms with Crippen LogP contribution in [0.5, 0.6) is 0 Å². The van der Waals surface area contributed by atoms with Gasteiger partial charge in [0.1, 0.15) is 6.61 Å². The van der Waals surface area contributed by atoms with Crippen molar-refractivity contribution in [2.45, 2.75) is 13.5 Å². The summed E-state index contributed by atoms with van der Waals surface area (Å²) >= 11 is 4.40. The molecule has 88 valence electrons. The van der Waals surface area contributed by atoms with Gasteiger partial charge in [-0.15, -0.1) is 5.10 Å². The van der Waals surface area contributed by atoms with Crippen LogP contribution in [0.2, 0.25) is 0 Å². The highest BCUT2D eigenvalue weighted by Gasteiger charge is 2.14. The zero-order chi connectivity index (χ0) is 12.3. The Balaban J connectivity index is 1.97. The third kappa shape index (κ3) is 3.10. The monoisotopic (exact) mass is 312 g/mol. The fourth-order valence-corrected chi connectivity index (χ4v) is 2.03. The van der Waals surface area contributed by atoms with E-state index in [0.29, 0.717) is 10.6 Å². The fourth-order valence-electron chi connectivity index (χ4n) is 1.21. The van der Waals surface area contributed by atoms with Crippen molar-refractivity contribution >= 4 is 33.4 Å². The predicted molar refractivity (Wildman–Crippen MR) is 67.9 cm³/mol. The van der Waals surface area contributed by atoms with Crippen LogP contribution in [-0.2, 0) is 11.3 Å². The summed E-state index contributed by atoms with van der Waals surface area (Å²) in [7, 11) is 0. The summed E-state index contributed by atoms with van der Waals surface area (Å²) in [6.45, 7) is 1.99. The smallest absolute Gasteiger partial charge is 0.352 e. The third-order valence-corrected chi connectivity index (χ3v) is 3.46. The van der Waals surface area contributed by atoms with Crippen LogP contribution in [0, 0.1) is 6.92 Å². The zero-order valence-corrected chi connectivity index (χ0v) is 11.4. The molecule has 2 aromatic rings. The standard InChI is InChI=1S/C11H9BrN2O2S/c1-7-10(17-14-13-7)11(15)16-6-8-2-4-9(12)5-3-8/h2-5H,6H2,1H3. The SMILES string of the molecule is Cc1nnsc1C(=O)OCc1ccc(Br)cc1. The Morgan fingerprint density at radius 2 is 2.12 bits per heavy atom. The number of aromatic nitrogens is 2. The van der Waals surface area contributed by atoms with E-state index in [2.05, 4.69) is 25.5 Å². The van der Waals surface area contributed by atoms with Crippen LogP contribution in [0.15, 0.2) is 28.7 Å². The van der Waals surface area contributed by atoms with Gasteiger partial charge in [0.15, 0.2) is 4.88 Å². The van der Waals surface area contributed by atoms with Gasteiger partial charge < -0.3 is 4.74 Å². The Bertz CT molecular complexity index is 525. The molecule has 0 atom stereocenters. The molecule has 0 aliphatic carbocycles. The molecule has 6 heteroatoms. The second-order valence-corrected chi connectivity index (χ2v) is 5.06. The molecule has 0 saturated carbocycles. The molecule has 17 heavy (non-hydrogen) atoms. The predicted octanol–water partition coefficient (Wildman–Crippen LogP) is 2.97. The number of hydrogen-bond donors (Lipinski definition) is 0. The average molecular weight is 313 g/mol. The largest absolute Gasteiger partial charge is 0.457 e. The maximum Gasteiger partial charge on any atom is 0.352 e. The van der Waals surface area contributed by atoms with Gasteiger partial charge in [0.25, 0.3) is 0 Å². The number of ether oxygens (including phenoxy) is 1. The van der Waals surface area contributed by atoms with Crippen molar-refractivity contribution in [1.29, 1.82) is 0 Å². The van der Waals surface area contributed by atoms with Crippen LogP contribution >= 0.6 is 27.5 Å². The van der Waals surface area contributed by atoms with E-state index >= 15 is 0 Å². The summed E-state index contributed by atoms with van der Waals surface area (Å²) in [6.07, 6.45) is 0. The van der Waals surface area contributed by atoms with E-state index in [1.165, 1.54) is 0 Å². The number of carbonyl (C=O) groups excluding carboxylic acids is 1. The first-order chi connectivity index (χ1) is 8.16. The lowest BCUT2D eigenvalue weighted by molar-refractivity contribution is 0.0477. The molecule has 0 fully saturated rings. The highest BCUT2D eigenvalue weighted by molar-refractivity contribution is 9.10. The van der Waals surface area contributed by atoms with Gasteiger partial charge in [-0.05, 0) is 36.2 Å². The molecule has 0 spiro atoms. The van der Waals surface area contributed by atoms with Crippen LogP contribution in [0.4, 0.5) is 0 Å². The molecule has 0 aliphatic heterocycles. The molecule has 0 bridgehead atoms. The van der Waals surface area contributed by atoms with E-state index in [1.807, 2.05) is 24.3 Å². The Labute approximate surface area is 111 Å². The highest BCUT2D eigenvalue weighted by atomic mass is 79.9. The van der Waals surface area contributed by atoms with Crippen LogP contribution in [0.25, 0.3) is 0 Å². The van der Waals surface area contributed by atoms with E-state index in [-0.39, 0.29) is 12.6 Å². The van der Waals surface area contributed by atoms with Gasteiger partial charge in [0.05, 0.1) is 5.69 Å². The van der Waals surface area contributed by atoms with Gasteiger partial charge in [-0.1, -0.05) is 32.6 Å². The normalized spacial score (nSPS) is 10.2. The molecule has 0 saturated heterocycles. The number of carbonyl (C=O) groups is 1. The number of benzene rings is 1. The summed E-state index contributed by atoms with van der Waals surface area (Å²) in [4.78, 5) is 12.1. The molecule has 0 unspecified atom stereocenters. The zero-order valence-electron chi connectivity index (χ0n) is 9.01. The van der Waals surface area contributed by atoms with Gasteiger partial charge in [0, 0.05) is 4.47 Å². The van der Waals surface area contributed by atoms with Crippen molar-refractivity contribution in [1.82, 2.24) is 9.59 Å². The number of nitrogens with zero attached hydrogens (tertiary/aromatic N) is 2. The molecule has 1 heterocycles. The molecule has 2 rings (SSSR count). The van der Waals surface area contributed by atoms with Crippen molar-refractivity contribution < 1.29 is 9.53 Å². The van der Waals surface area contributed by atoms with Gasteiger partial charge >= 0.3 is 5.97 Å². The van der Waals surface area contributed by atoms with Gasteiger partial charge in [-0.2, -0.15) is 0 Å². The summed E-state index contributed by atoms with van der Waals surface area (Å²) in [5.74, 6) is -0.375. The summed E-state index contributed by atoms with van der Waals surface area (Å²) < 4.78 is 9.86. The van der Waals surface area contributed by atoms with Crippen LogP contribution in [-0.4, -0.2) is 15.6 Å². The number of aryl methyl sites for hydroxylation is 1. The number of halogens is 1. The second-order valence-electron chi connectivity index (χ2n) is 3.39. The average Bonchev–Trinajstić information content (AvgIpc) is 2.74. The minimum atomic E-state index is -0.375. The van der Waals surface area contributed by atoms with Gasteiger partial charge in [-0.3, -0.25) is 0 Å². The number of rotatable bonds is 3. The van der Waals surface area contributed by atoms with E-state index in [1.54, 1.807) is 6.92 Å². The summed E-state index contributed by atoms with van der Waals surface area (Å²) in [5.41, 5.74) is 1.55. The van der Waals surface area contributed by atoms with Crippen LogP contribution in [0.3, 0.4) is 0 Å². The first-order valence-corrected chi connectivity index (χ1v) is 6.44.